The first kappa shape index (κ1) is 14.1. The van der Waals surface area contributed by atoms with Crippen molar-refractivity contribution in [3.63, 3.8) is 0 Å². The molecule has 5 nitrogen and oxygen atoms in total. The molecule has 0 unspecified atom stereocenters. The number of piperidine rings is 1. The molecule has 1 aliphatic heterocycles. The minimum absolute atomic E-state index is 0.0904. The molecule has 0 atom stereocenters. The minimum Gasteiger partial charge on any atom is -0.390 e. The molecule has 19 heavy (non-hydrogen) atoms. The van der Waals surface area contributed by atoms with E-state index in [1.807, 2.05) is 0 Å². The summed E-state index contributed by atoms with van der Waals surface area (Å²) in [4.78, 5) is 14.2. The quantitative estimate of drug-likeness (QED) is 0.894. The van der Waals surface area contributed by atoms with E-state index in [1.54, 1.807) is 26.1 Å². The average Bonchev–Trinajstić information content (AvgIpc) is 2.37. The van der Waals surface area contributed by atoms with Gasteiger partial charge in [-0.1, -0.05) is 0 Å². The highest BCUT2D eigenvalue weighted by molar-refractivity contribution is 5.43. The fourth-order valence-electron chi connectivity index (χ4n) is 2.30. The fourth-order valence-corrected chi connectivity index (χ4v) is 2.30. The molecule has 1 saturated heterocycles. The zero-order valence-electron chi connectivity index (χ0n) is 11.8. The van der Waals surface area contributed by atoms with E-state index in [1.165, 1.54) is 23.9 Å². The van der Waals surface area contributed by atoms with Crippen molar-refractivity contribution in [3.8, 4) is 0 Å². The van der Waals surface area contributed by atoms with Gasteiger partial charge in [0.05, 0.1) is 17.5 Å². The number of nitrogens with zero attached hydrogens (tertiary/aromatic N) is 3. The average molecular weight is 265 g/mol. The van der Waals surface area contributed by atoms with Gasteiger partial charge in [0, 0.05) is 25.7 Å². The third-order valence-electron chi connectivity index (χ3n) is 3.51. The van der Waals surface area contributed by atoms with Crippen LogP contribution in [0.2, 0.25) is 0 Å². The summed E-state index contributed by atoms with van der Waals surface area (Å²) in [5.74, 6) is 0. The molecule has 0 amide bonds. The highest BCUT2D eigenvalue weighted by Crippen LogP contribution is 2.17. The lowest BCUT2D eigenvalue weighted by atomic mass is 10.1. The molecule has 1 N–H and O–H groups in total. The Labute approximate surface area is 113 Å². The minimum atomic E-state index is -0.771. The van der Waals surface area contributed by atoms with Crippen LogP contribution in [0.3, 0.4) is 0 Å². The Hall–Kier alpha value is -1.36. The van der Waals surface area contributed by atoms with E-state index in [2.05, 4.69) is 10.00 Å². The van der Waals surface area contributed by atoms with Gasteiger partial charge in [0.2, 0.25) is 0 Å². The predicted octanol–water partition coefficient (Wildman–Crippen LogP) is 1.39. The van der Waals surface area contributed by atoms with Crippen LogP contribution in [-0.4, -0.2) is 33.6 Å². The molecule has 1 aliphatic rings. The summed E-state index contributed by atoms with van der Waals surface area (Å²) in [7, 11) is 0. The second kappa shape index (κ2) is 5.74. The topological polar surface area (TPSA) is 58.4 Å². The highest BCUT2D eigenvalue weighted by atomic mass is 16.3. The van der Waals surface area contributed by atoms with Crippen molar-refractivity contribution in [2.45, 2.75) is 51.7 Å². The normalized spacial score (nSPS) is 16.7. The van der Waals surface area contributed by atoms with Crippen molar-refractivity contribution in [2.24, 2.45) is 0 Å². The summed E-state index contributed by atoms with van der Waals surface area (Å²) in [6, 6.07) is 1.66. The SMILES string of the molecule is CC(C)(O)CCn1ncc(N2CCCCC2)cc1=O. The third kappa shape index (κ3) is 4.06. The van der Waals surface area contributed by atoms with Gasteiger partial charge < -0.3 is 10.0 Å². The largest absolute Gasteiger partial charge is 0.390 e. The number of aromatic nitrogens is 2. The molecule has 0 spiro atoms. The molecule has 0 aliphatic carbocycles. The van der Waals surface area contributed by atoms with Crippen LogP contribution in [0.4, 0.5) is 5.69 Å². The second-order valence-electron chi connectivity index (χ2n) is 5.89. The van der Waals surface area contributed by atoms with E-state index in [0.29, 0.717) is 13.0 Å². The van der Waals surface area contributed by atoms with Gasteiger partial charge >= 0.3 is 0 Å². The van der Waals surface area contributed by atoms with Gasteiger partial charge in [-0.25, -0.2) is 4.68 Å². The van der Waals surface area contributed by atoms with Crippen molar-refractivity contribution in [1.29, 1.82) is 0 Å². The van der Waals surface area contributed by atoms with Gasteiger partial charge in [-0.05, 0) is 39.5 Å². The number of rotatable bonds is 4. The van der Waals surface area contributed by atoms with Gasteiger partial charge in [-0.3, -0.25) is 4.79 Å². The summed E-state index contributed by atoms with van der Waals surface area (Å²) >= 11 is 0. The molecule has 1 aromatic rings. The van der Waals surface area contributed by atoms with Crippen LogP contribution in [0.25, 0.3) is 0 Å². The van der Waals surface area contributed by atoms with Crippen molar-refractivity contribution in [3.05, 3.63) is 22.6 Å². The van der Waals surface area contributed by atoms with Crippen LogP contribution in [0.15, 0.2) is 17.1 Å². The van der Waals surface area contributed by atoms with E-state index in [-0.39, 0.29) is 5.56 Å². The number of hydrogen-bond donors (Lipinski definition) is 1. The first-order valence-corrected chi connectivity index (χ1v) is 7.00. The molecule has 106 valence electrons. The molecule has 0 aromatic carbocycles. The summed E-state index contributed by atoms with van der Waals surface area (Å²) in [5, 5.41) is 13.9. The summed E-state index contributed by atoms with van der Waals surface area (Å²) in [6.07, 6.45) is 5.91. The molecular formula is C14H23N3O2. The number of aryl methyl sites for hydroxylation is 1. The maximum Gasteiger partial charge on any atom is 0.268 e. The summed E-state index contributed by atoms with van der Waals surface area (Å²) in [6.45, 7) is 5.94. The lowest BCUT2D eigenvalue weighted by molar-refractivity contribution is 0.0646. The van der Waals surface area contributed by atoms with E-state index in [4.69, 9.17) is 0 Å². The Morgan fingerprint density at radius 2 is 2.00 bits per heavy atom. The summed E-state index contributed by atoms with van der Waals surface area (Å²) in [5.41, 5.74) is 0.0590. The molecule has 1 aromatic heterocycles. The Bertz CT molecular complexity index is 470. The van der Waals surface area contributed by atoms with E-state index in [0.717, 1.165) is 18.8 Å². The third-order valence-corrected chi connectivity index (χ3v) is 3.51. The molecule has 5 heteroatoms. The Morgan fingerprint density at radius 1 is 1.32 bits per heavy atom. The lowest BCUT2D eigenvalue weighted by Crippen LogP contribution is -2.33. The number of aliphatic hydroxyl groups is 1. The van der Waals surface area contributed by atoms with Gasteiger partial charge in [0.15, 0.2) is 0 Å². The van der Waals surface area contributed by atoms with Gasteiger partial charge in [-0.2, -0.15) is 5.10 Å². The van der Waals surface area contributed by atoms with Crippen molar-refractivity contribution in [1.82, 2.24) is 9.78 Å². The van der Waals surface area contributed by atoms with Crippen LogP contribution in [0, 0.1) is 0 Å². The number of anilines is 1. The molecule has 0 saturated carbocycles. The van der Waals surface area contributed by atoms with Gasteiger partial charge in [0.25, 0.3) is 5.56 Å². The highest BCUT2D eigenvalue weighted by Gasteiger charge is 2.15. The molecule has 0 bridgehead atoms. The molecular weight excluding hydrogens is 242 g/mol. The van der Waals surface area contributed by atoms with E-state index in [9.17, 15) is 9.90 Å². The zero-order valence-corrected chi connectivity index (χ0v) is 11.8. The maximum absolute atomic E-state index is 12.0. The van der Waals surface area contributed by atoms with Crippen molar-refractivity contribution in [2.75, 3.05) is 18.0 Å². The van der Waals surface area contributed by atoms with Crippen LogP contribution >= 0.6 is 0 Å². The van der Waals surface area contributed by atoms with Crippen LogP contribution < -0.4 is 10.5 Å². The monoisotopic (exact) mass is 265 g/mol. The van der Waals surface area contributed by atoms with E-state index < -0.39 is 5.60 Å². The first-order chi connectivity index (χ1) is 8.96. The van der Waals surface area contributed by atoms with Gasteiger partial charge in [-0.15, -0.1) is 0 Å². The predicted molar refractivity (Wildman–Crippen MR) is 75.5 cm³/mol. The van der Waals surface area contributed by atoms with Crippen LogP contribution in [-0.2, 0) is 6.54 Å². The molecule has 0 radical (unpaired) electrons. The fraction of sp³-hybridized carbons (Fsp3) is 0.714. The smallest absolute Gasteiger partial charge is 0.268 e. The van der Waals surface area contributed by atoms with Crippen LogP contribution in [0.1, 0.15) is 39.5 Å². The maximum atomic E-state index is 12.0. The Morgan fingerprint density at radius 3 is 2.58 bits per heavy atom. The molecule has 2 rings (SSSR count). The number of hydrogen-bond acceptors (Lipinski definition) is 4. The van der Waals surface area contributed by atoms with Crippen molar-refractivity contribution >= 4 is 5.69 Å². The van der Waals surface area contributed by atoms with Crippen LogP contribution in [0.5, 0.6) is 0 Å². The second-order valence-corrected chi connectivity index (χ2v) is 5.89. The summed E-state index contributed by atoms with van der Waals surface area (Å²) < 4.78 is 1.42. The van der Waals surface area contributed by atoms with Crippen molar-refractivity contribution < 1.29 is 5.11 Å². The van der Waals surface area contributed by atoms with Gasteiger partial charge in [0.1, 0.15) is 0 Å². The lowest BCUT2D eigenvalue weighted by Gasteiger charge is -2.28. The molecule has 1 fully saturated rings. The Kier molecular flexibility index (Phi) is 4.24. The van der Waals surface area contributed by atoms with E-state index >= 15 is 0 Å². The Balaban J connectivity index is 2.06. The first-order valence-electron chi connectivity index (χ1n) is 7.00. The molecule has 2 heterocycles. The zero-order chi connectivity index (χ0) is 13.9. The standard InChI is InChI=1S/C14H23N3O2/c1-14(2,19)6-9-17-13(18)10-12(11-15-17)16-7-4-3-5-8-16/h10-11,19H,3-9H2,1-2H3.